The lowest BCUT2D eigenvalue weighted by Gasteiger charge is -2.21. The molecule has 0 atom stereocenters. The molecule has 0 saturated heterocycles. The lowest BCUT2D eigenvalue weighted by atomic mass is 9.82. The van der Waals surface area contributed by atoms with Gasteiger partial charge in [0.05, 0.1) is 11.4 Å². The average Bonchev–Trinajstić information content (AvgIpc) is 3.85. The van der Waals surface area contributed by atoms with Gasteiger partial charge in [0.2, 0.25) is 0 Å². The molecule has 3 heterocycles. The van der Waals surface area contributed by atoms with Crippen LogP contribution in [0.4, 0.5) is 0 Å². The van der Waals surface area contributed by atoms with Gasteiger partial charge in [0, 0.05) is 49.6 Å². The molecule has 8 aromatic carbocycles. The highest BCUT2D eigenvalue weighted by Crippen LogP contribution is 2.49. The summed E-state index contributed by atoms with van der Waals surface area (Å²) in [6.45, 7) is 4.61. The first-order chi connectivity index (χ1) is 31.4. The quantitative estimate of drug-likeness (QED) is 0.159. The first kappa shape index (κ1) is 37.4. The smallest absolute Gasteiger partial charge is 0.164 e. The van der Waals surface area contributed by atoms with Crippen LogP contribution < -0.4 is 0 Å². The Hall–Kier alpha value is -8.35. The highest BCUT2D eigenvalue weighted by molar-refractivity contribution is 6.05. The number of para-hydroxylation sites is 1. The molecule has 6 heteroatoms. The van der Waals surface area contributed by atoms with E-state index in [0.29, 0.717) is 23.3 Å². The van der Waals surface area contributed by atoms with Gasteiger partial charge < -0.3 is 4.42 Å². The Labute approximate surface area is 370 Å². The molecular formula is C58H39N5O. The summed E-state index contributed by atoms with van der Waals surface area (Å²) in [5.74, 6) is 2.45. The zero-order valence-electron chi connectivity index (χ0n) is 35.2. The van der Waals surface area contributed by atoms with Crippen LogP contribution in [0.5, 0.6) is 0 Å². The number of hydrogen-bond acceptors (Lipinski definition) is 6. The van der Waals surface area contributed by atoms with Crippen LogP contribution in [0, 0.1) is 0 Å². The van der Waals surface area contributed by atoms with Crippen molar-refractivity contribution < 1.29 is 4.42 Å². The third-order valence-corrected chi connectivity index (χ3v) is 12.6. The minimum absolute atomic E-state index is 0.138. The Bertz CT molecular complexity index is 3590. The first-order valence-electron chi connectivity index (χ1n) is 21.6. The van der Waals surface area contributed by atoms with Gasteiger partial charge in [0.15, 0.2) is 23.3 Å². The summed E-state index contributed by atoms with van der Waals surface area (Å²) >= 11 is 0. The van der Waals surface area contributed by atoms with Gasteiger partial charge in [0.1, 0.15) is 11.2 Å². The fourth-order valence-corrected chi connectivity index (χ4v) is 9.24. The molecule has 0 radical (unpaired) electrons. The number of fused-ring (bicyclic) bond motifs is 6. The molecule has 0 N–H and O–H groups in total. The maximum atomic E-state index is 6.26. The van der Waals surface area contributed by atoms with Gasteiger partial charge in [-0.3, -0.25) is 0 Å². The van der Waals surface area contributed by atoms with Crippen molar-refractivity contribution in [3.8, 4) is 90.3 Å². The Morgan fingerprint density at radius 3 is 1.58 bits per heavy atom. The van der Waals surface area contributed by atoms with Crippen molar-refractivity contribution >= 4 is 21.9 Å². The van der Waals surface area contributed by atoms with Gasteiger partial charge in [-0.15, -0.1) is 0 Å². The van der Waals surface area contributed by atoms with Crippen LogP contribution in [0.3, 0.4) is 0 Å². The molecule has 1 aliphatic carbocycles. The molecule has 0 spiro atoms. The van der Waals surface area contributed by atoms with E-state index in [1.807, 2.05) is 60.7 Å². The van der Waals surface area contributed by atoms with Crippen molar-refractivity contribution in [3.63, 3.8) is 0 Å². The molecule has 0 amide bonds. The predicted molar refractivity (Wildman–Crippen MR) is 258 cm³/mol. The van der Waals surface area contributed by atoms with Crippen molar-refractivity contribution in [3.05, 3.63) is 211 Å². The Kier molecular flexibility index (Phi) is 8.73. The molecular weight excluding hydrogens is 783 g/mol. The monoisotopic (exact) mass is 821 g/mol. The van der Waals surface area contributed by atoms with E-state index in [1.54, 1.807) is 0 Å². The Morgan fingerprint density at radius 2 is 0.812 bits per heavy atom. The van der Waals surface area contributed by atoms with Gasteiger partial charge in [-0.2, -0.15) is 0 Å². The molecule has 6 nitrogen and oxygen atoms in total. The predicted octanol–water partition coefficient (Wildman–Crippen LogP) is 14.5. The van der Waals surface area contributed by atoms with Crippen molar-refractivity contribution in [2.75, 3.05) is 0 Å². The molecule has 11 aromatic rings. The largest absolute Gasteiger partial charge is 0.456 e. The van der Waals surface area contributed by atoms with Crippen molar-refractivity contribution in [2.45, 2.75) is 19.3 Å². The highest BCUT2D eigenvalue weighted by atomic mass is 16.3. The van der Waals surface area contributed by atoms with Crippen molar-refractivity contribution in [2.24, 2.45) is 0 Å². The van der Waals surface area contributed by atoms with Crippen LogP contribution in [-0.2, 0) is 5.41 Å². The summed E-state index contributed by atoms with van der Waals surface area (Å²) in [6, 6.07) is 69.2. The number of benzene rings is 8. The molecule has 1 aliphatic rings. The second-order valence-corrected chi connectivity index (χ2v) is 16.9. The van der Waals surface area contributed by atoms with Gasteiger partial charge in [-0.1, -0.05) is 172 Å². The van der Waals surface area contributed by atoms with E-state index in [-0.39, 0.29) is 5.41 Å². The third-order valence-electron chi connectivity index (χ3n) is 12.6. The van der Waals surface area contributed by atoms with Crippen LogP contribution >= 0.6 is 0 Å². The lowest BCUT2D eigenvalue weighted by molar-refractivity contribution is 0.660. The van der Waals surface area contributed by atoms with Crippen LogP contribution in [0.2, 0.25) is 0 Å². The number of rotatable bonds is 7. The topological polar surface area (TPSA) is 77.6 Å². The van der Waals surface area contributed by atoms with E-state index < -0.39 is 0 Å². The molecule has 0 aliphatic heterocycles. The molecule has 0 unspecified atom stereocenters. The molecule has 302 valence electrons. The molecule has 0 bridgehead atoms. The maximum Gasteiger partial charge on any atom is 0.164 e. The molecule has 0 fully saturated rings. The van der Waals surface area contributed by atoms with Crippen LogP contribution in [0.1, 0.15) is 25.0 Å². The molecule has 64 heavy (non-hydrogen) atoms. The minimum atomic E-state index is -0.138. The van der Waals surface area contributed by atoms with E-state index >= 15 is 0 Å². The van der Waals surface area contributed by atoms with E-state index in [1.165, 1.54) is 22.3 Å². The average molecular weight is 822 g/mol. The fraction of sp³-hybridized carbons (Fsp3) is 0.0517. The summed E-state index contributed by atoms with van der Waals surface area (Å²) in [6.07, 6.45) is 0. The van der Waals surface area contributed by atoms with Gasteiger partial charge in [-0.05, 0) is 75.8 Å². The fourth-order valence-electron chi connectivity index (χ4n) is 9.24. The van der Waals surface area contributed by atoms with Crippen LogP contribution in [-0.4, -0.2) is 24.9 Å². The molecule has 3 aromatic heterocycles. The second kappa shape index (κ2) is 14.9. The zero-order valence-corrected chi connectivity index (χ0v) is 35.2. The van der Waals surface area contributed by atoms with E-state index in [9.17, 15) is 0 Å². The van der Waals surface area contributed by atoms with Crippen LogP contribution in [0.15, 0.2) is 205 Å². The minimum Gasteiger partial charge on any atom is -0.456 e. The van der Waals surface area contributed by atoms with Gasteiger partial charge in [-0.25, -0.2) is 24.9 Å². The number of aromatic nitrogens is 5. The normalized spacial score (nSPS) is 12.7. The number of furan rings is 1. The second-order valence-electron chi connectivity index (χ2n) is 16.9. The van der Waals surface area contributed by atoms with Crippen LogP contribution in [0.25, 0.3) is 112 Å². The summed E-state index contributed by atoms with van der Waals surface area (Å²) in [5.41, 5.74) is 16.2. The number of nitrogens with zero attached hydrogens (tertiary/aromatic N) is 5. The SMILES string of the molecule is CC1(C)c2ccccc2-c2ccc(-c3nc(-c4ccccc4)cc(-c4cccc(-c5cccc(-c6nc(-c7ccccc7)nc(-c7ccc8c(c7)oc7ccccc78)n6)c5)c4)n3)cc21. The Morgan fingerprint density at radius 1 is 0.312 bits per heavy atom. The van der Waals surface area contributed by atoms with E-state index in [4.69, 9.17) is 29.3 Å². The third kappa shape index (κ3) is 6.47. The lowest BCUT2D eigenvalue weighted by Crippen LogP contribution is -2.15. The number of hydrogen-bond donors (Lipinski definition) is 0. The zero-order chi connectivity index (χ0) is 42.8. The molecule has 12 rings (SSSR count). The summed E-state index contributed by atoms with van der Waals surface area (Å²) < 4.78 is 6.26. The maximum absolute atomic E-state index is 6.26. The standard InChI is InChI=1S/C58H39N5O/c1-58(2)48-25-11-9-23-44(48)45-29-27-42(33-49(45)58)55-59-50(36-15-5-3-6-16-36)35-51(60-55)40-21-13-19-38(31-40)39-20-14-22-41(32-39)56-61-54(37-17-7-4-8-18-37)62-57(63-56)43-28-30-47-46-24-10-12-26-52(46)64-53(47)34-43/h3-35H,1-2H3. The van der Waals surface area contributed by atoms with Crippen molar-refractivity contribution in [1.29, 1.82) is 0 Å². The van der Waals surface area contributed by atoms with Gasteiger partial charge in [0.25, 0.3) is 0 Å². The molecule has 0 saturated carbocycles. The van der Waals surface area contributed by atoms with E-state index in [2.05, 4.69) is 153 Å². The highest BCUT2D eigenvalue weighted by Gasteiger charge is 2.35. The summed E-state index contributed by atoms with van der Waals surface area (Å²) in [5, 5.41) is 2.14. The van der Waals surface area contributed by atoms with Crippen molar-refractivity contribution in [1.82, 2.24) is 24.9 Å². The first-order valence-corrected chi connectivity index (χ1v) is 21.6. The van der Waals surface area contributed by atoms with E-state index in [0.717, 1.165) is 77.8 Å². The Balaban J connectivity index is 0.939. The van der Waals surface area contributed by atoms with Gasteiger partial charge >= 0.3 is 0 Å². The summed E-state index contributed by atoms with van der Waals surface area (Å²) in [7, 11) is 0. The summed E-state index contributed by atoms with van der Waals surface area (Å²) in [4.78, 5) is 25.6.